The van der Waals surface area contributed by atoms with Crippen LogP contribution in [0.4, 0.5) is 24.5 Å². The van der Waals surface area contributed by atoms with E-state index in [0.717, 1.165) is 54.9 Å². The van der Waals surface area contributed by atoms with E-state index < -0.39 is 17.5 Å². The van der Waals surface area contributed by atoms with Crippen LogP contribution in [0.25, 0.3) is 0 Å². The molecule has 0 bridgehead atoms. The van der Waals surface area contributed by atoms with Gasteiger partial charge < -0.3 is 10.2 Å². The van der Waals surface area contributed by atoms with Crippen molar-refractivity contribution in [1.29, 1.82) is 0 Å². The van der Waals surface area contributed by atoms with Crippen molar-refractivity contribution in [1.82, 2.24) is 4.98 Å². The van der Waals surface area contributed by atoms with Crippen LogP contribution in [0.5, 0.6) is 0 Å². The maximum Gasteiger partial charge on any atom is 0.160 e. The molecule has 1 aliphatic heterocycles. The normalized spacial score (nSPS) is 15.3. The fourth-order valence-corrected chi connectivity index (χ4v) is 5.09. The molecule has 38 heavy (non-hydrogen) atoms. The van der Waals surface area contributed by atoms with Crippen molar-refractivity contribution in [2.45, 2.75) is 59.4 Å². The summed E-state index contributed by atoms with van der Waals surface area (Å²) in [4.78, 5) is 6.79. The molecule has 3 nitrogen and oxygen atoms in total. The molecule has 2 aromatic carbocycles. The van der Waals surface area contributed by atoms with Crippen LogP contribution in [-0.2, 0) is 0 Å². The molecule has 1 unspecified atom stereocenters. The molecule has 2 heterocycles. The molecular weight excluding hydrogens is 507 g/mol. The van der Waals surface area contributed by atoms with E-state index in [0.29, 0.717) is 5.69 Å². The number of halogens is 4. The van der Waals surface area contributed by atoms with Gasteiger partial charge in [0, 0.05) is 34.8 Å². The van der Waals surface area contributed by atoms with Crippen molar-refractivity contribution in [3.8, 4) is 0 Å². The molecule has 4 rings (SSSR count). The Labute approximate surface area is 230 Å². The van der Waals surface area contributed by atoms with Gasteiger partial charge in [0.15, 0.2) is 11.6 Å². The maximum absolute atomic E-state index is 13.6. The molecule has 1 aromatic heterocycles. The Bertz CT molecular complexity index is 1190. The number of rotatable bonds is 8. The van der Waals surface area contributed by atoms with E-state index in [1.54, 1.807) is 12.1 Å². The van der Waals surface area contributed by atoms with Gasteiger partial charge >= 0.3 is 0 Å². The summed E-state index contributed by atoms with van der Waals surface area (Å²) in [5.41, 5.74) is 3.46. The Kier molecular flexibility index (Phi) is 11.9. The van der Waals surface area contributed by atoms with E-state index in [1.807, 2.05) is 32.2 Å². The Morgan fingerprint density at radius 3 is 2.16 bits per heavy atom. The van der Waals surface area contributed by atoms with Crippen LogP contribution in [0.15, 0.2) is 85.8 Å². The molecule has 1 N–H and O–H groups in total. The number of anilines is 2. The first-order valence-corrected chi connectivity index (χ1v) is 13.3. The van der Waals surface area contributed by atoms with Crippen LogP contribution < -0.4 is 10.2 Å². The minimum Gasteiger partial charge on any atom is -0.362 e. The highest BCUT2D eigenvalue weighted by molar-refractivity contribution is 6.31. The first-order valence-electron chi connectivity index (χ1n) is 13.0. The molecule has 3 aromatic rings. The van der Waals surface area contributed by atoms with Gasteiger partial charge in [-0.1, -0.05) is 71.4 Å². The highest BCUT2D eigenvalue weighted by atomic mass is 35.5. The zero-order valence-electron chi connectivity index (χ0n) is 22.6. The molecule has 0 radical (unpaired) electrons. The molecule has 1 aliphatic rings. The molecule has 0 amide bonds. The zero-order valence-corrected chi connectivity index (χ0v) is 23.3. The fourth-order valence-electron chi connectivity index (χ4n) is 4.91. The summed E-state index contributed by atoms with van der Waals surface area (Å²) >= 11 is 6.03. The number of pyridine rings is 1. The summed E-state index contributed by atoms with van der Waals surface area (Å²) in [6.45, 7) is 16.2. The van der Waals surface area contributed by atoms with Gasteiger partial charge in [0.25, 0.3) is 0 Å². The van der Waals surface area contributed by atoms with E-state index >= 15 is 0 Å². The van der Waals surface area contributed by atoms with Gasteiger partial charge in [-0.2, -0.15) is 0 Å². The van der Waals surface area contributed by atoms with Gasteiger partial charge in [-0.25, -0.2) is 13.2 Å². The molecule has 0 aliphatic carbocycles. The average molecular weight is 544 g/mol. The molecule has 0 saturated carbocycles. The van der Waals surface area contributed by atoms with Crippen LogP contribution in [0.1, 0.15) is 65.1 Å². The van der Waals surface area contributed by atoms with Crippen molar-refractivity contribution in [3.05, 3.63) is 114 Å². The minimum absolute atomic E-state index is 0.00127. The quantitative estimate of drug-likeness (QED) is 0.306. The molecule has 204 valence electrons. The lowest BCUT2D eigenvalue weighted by molar-refractivity contribution is 0.152. The number of nitrogens with one attached hydrogen (secondary N) is 1. The van der Waals surface area contributed by atoms with Crippen LogP contribution in [-0.4, -0.2) is 4.98 Å². The third kappa shape index (κ3) is 6.79. The summed E-state index contributed by atoms with van der Waals surface area (Å²) in [6.07, 6.45) is 7.51. The van der Waals surface area contributed by atoms with Gasteiger partial charge in [0.2, 0.25) is 0 Å². The number of benzene rings is 2. The van der Waals surface area contributed by atoms with E-state index in [4.69, 9.17) is 11.6 Å². The van der Waals surface area contributed by atoms with Gasteiger partial charge in [0.05, 0.1) is 16.8 Å². The standard InChI is InChI=1S/C21H24ClFN2.C8H7F2N.C2H6/c1-4-11-21(12-5-2)15(3)25(16-9-10-18(23)17(22)14-16)20(21)19-8-6-7-13-24-19;1-2-11-6-3-4-7(9)8(10)5-6;1-2/h6-10,13-14,20H,3-5,11-12H2,1-2H3;2-5,11H,1H2;1-2H3. The fraction of sp³-hybridized carbons (Fsp3) is 0.323. The van der Waals surface area contributed by atoms with Crippen molar-refractivity contribution in [2.75, 3.05) is 10.2 Å². The molecule has 1 saturated heterocycles. The Morgan fingerprint density at radius 2 is 1.63 bits per heavy atom. The van der Waals surface area contributed by atoms with Gasteiger partial charge in [-0.15, -0.1) is 0 Å². The molecule has 7 heteroatoms. The van der Waals surface area contributed by atoms with Crippen LogP contribution in [0.2, 0.25) is 5.02 Å². The highest BCUT2D eigenvalue weighted by Crippen LogP contribution is 2.62. The summed E-state index contributed by atoms with van der Waals surface area (Å²) in [5.74, 6) is -2.12. The number of hydrogen-bond donors (Lipinski definition) is 1. The minimum atomic E-state index is -0.864. The first kappa shape index (κ1) is 31.0. The SMILES string of the molecule is C=C1N(c2ccc(F)c(Cl)c2)C(c2ccccn2)C1(CCC)CCC.C=CNc1ccc(F)c(F)c1.CC. The van der Waals surface area contributed by atoms with Crippen LogP contribution in [0, 0.1) is 22.9 Å². The number of aromatic nitrogens is 1. The second-order valence-electron chi connectivity index (χ2n) is 8.71. The van der Waals surface area contributed by atoms with E-state index in [9.17, 15) is 13.2 Å². The highest BCUT2D eigenvalue weighted by Gasteiger charge is 2.56. The summed E-state index contributed by atoms with van der Waals surface area (Å²) < 4.78 is 38.4. The third-order valence-corrected chi connectivity index (χ3v) is 6.67. The number of nitrogens with zero attached hydrogens (tertiary/aromatic N) is 2. The lowest BCUT2D eigenvalue weighted by Gasteiger charge is -2.60. The molecule has 1 atom stereocenters. The van der Waals surface area contributed by atoms with E-state index in [2.05, 4.69) is 48.3 Å². The molecular formula is C31H37ClF3N3. The van der Waals surface area contributed by atoms with Gasteiger partial charge in [-0.05, 0) is 61.5 Å². The van der Waals surface area contributed by atoms with Crippen LogP contribution >= 0.6 is 11.6 Å². The maximum atomic E-state index is 13.6. The number of hydrogen-bond acceptors (Lipinski definition) is 3. The van der Waals surface area contributed by atoms with E-state index in [-0.39, 0.29) is 16.5 Å². The van der Waals surface area contributed by atoms with Crippen molar-refractivity contribution in [2.24, 2.45) is 5.41 Å². The predicted octanol–water partition coefficient (Wildman–Crippen LogP) is 10.1. The topological polar surface area (TPSA) is 28.2 Å². The largest absolute Gasteiger partial charge is 0.362 e. The molecule has 1 fully saturated rings. The zero-order chi connectivity index (χ0) is 28.3. The summed E-state index contributed by atoms with van der Waals surface area (Å²) in [7, 11) is 0. The first-order chi connectivity index (χ1) is 18.3. The second kappa shape index (κ2) is 14.6. The Balaban J connectivity index is 0.000000327. The Morgan fingerprint density at radius 1 is 0.974 bits per heavy atom. The predicted molar refractivity (Wildman–Crippen MR) is 154 cm³/mol. The van der Waals surface area contributed by atoms with E-state index in [1.165, 1.54) is 18.3 Å². The lowest BCUT2D eigenvalue weighted by Crippen LogP contribution is -2.56. The van der Waals surface area contributed by atoms with Crippen LogP contribution in [0.3, 0.4) is 0 Å². The second-order valence-corrected chi connectivity index (χ2v) is 9.11. The molecule has 0 spiro atoms. The van der Waals surface area contributed by atoms with Crippen molar-refractivity contribution in [3.63, 3.8) is 0 Å². The van der Waals surface area contributed by atoms with Gasteiger partial charge in [0.1, 0.15) is 5.82 Å². The van der Waals surface area contributed by atoms with Crippen molar-refractivity contribution < 1.29 is 13.2 Å². The summed E-state index contributed by atoms with van der Waals surface area (Å²) in [6, 6.07) is 14.5. The summed E-state index contributed by atoms with van der Waals surface area (Å²) in [5, 5.41) is 2.77. The smallest absolute Gasteiger partial charge is 0.160 e. The lowest BCUT2D eigenvalue weighted by atomic mass is 9.62. The average Bonchev–Trinajstić information content (AvgIpc) is 2.93. The van der Waals surface area contributed by atoms with Crippen molar-refractivity contribution >= 4 is 23.0 Å². The monoisotopic (exact) mass is 543 g/mol. The van der Waals surface area contributed by atoms with Gasteiger partial charge in [-0.3, -0.25) is 4.98 Å². The third-order valence-electron chi connectivity index (χ3n) is 6.38. The Hall–Kier alpha value is -3.25.